The van der Waals surface area contributed by atoms with Crippen LogP contribution in [0.4, 0.5) is 0 Å². The number of nitrogens with zero attached hydrogens (tertiary/aromatic N) is 1. The molecule has 0 atom stereocenters. The third kappa shape index (κ3) is 3.62. The van der Waals surface area contributed by atoms with Gasteiger partial charge in [-0.05, 0) is 49.4 Å². The van der Waals surface area contributed by atoms with Crippen LogP contribution in [0.2, 0.25) is 0 Å². The minimum atomic E-state index is 0.226. The minimum Gasteiger partial charge on any atom is -0.309 e. The Labute approximate surface area is 133 Å². The first kappa shape index (κ1) is 18.5. The summed E-state index contributed by atoms with van der Waals surface area (Å²) >= 11 is 0. The smallest absolute Gasteiger partial charge is 0.00811 e. The van der Waals surface area contributed by atoms with Crippen molar-refractivity contribution in [1.29, 1.82) is 0 Å². The van der Waals surface area contributed by atoms with E-state index in [1.54, 1.807) is 22.3 Å². The largest absolute Gasteiger partial charge is 0.309 e. The standard InChI is InChI=1S/C20H37N/c1-13(2)17-16(11-12-21(9)10)18(14(3)4)20(7,8)19(17)15(5)6/h13-15H,11-12H2,1-10H3. The lowest BCUT2D eigenvalue weighted by molar-refractivity contribution is 0.408. The summed E-state index contributed by atoms with van der Waals surface area (Å²) in [6.45, 7) is 20.2. The fraction of sp³-hybridized carbons (Fsp3) is 0.800. The summed E-state index contributed by atoms with van der Waals surface area (Å²) in [7, 11) is 4.36. The highest BCUT2D eigenvalue weighted by Crippen LogP contribution is 2.54. The van der Waals surface area contributed by atoms with Crippen molar-refractivity contribution in [3.05, 3.63) is 22.3 Å². The van der Waals surface area contributed by atoms with Crippen LogP contribution in [0.3, 0.4) is 0 Å². The van der Waals surface area contributed by atoms with Crippen molar-refractivity contribution in [1.82, 2.24) is 4.90 Å². The van der Waals surface area contributed by atoms with Gasteiger partial charge in [0.25, 0.3) is 0 Å². The second-order valence-corrected chi connectivity index (χ2v) is 8.36. The van der Waals surface area contributed by atoms with Crippen LogP contribution in [0.1, 0.15) is 61.8 Å². The zero-order valence-corrected chi connectivity index (χ0v) is 16.1. The van der Waals surface area contributed by atoms with E-state index in [-0.39, 0.29) is 5.41 Å². The van der Waals surface area contributed by atoms with E-state index < -0.39 is 0 Å². The zero-order chi connectivity index (χ0) is 16.5. The van der Waals surface area contributed by atoms with Crippen LogP contribution >= 0.6 is 0 Å². The summed E-state index contributed by atoms with van der Waals surface area (Å²) < 4.78 is 0. The quantitative estimate of drug-likeness (QED) is 0.621. The molecule has 0 bridgehead atoms. The molecule has 1 heteroatoms. The monoisotopic (exact) mass is 291 g/mol. The molecule has 0 radical (unpaired) electrons. The van der Waals surface area contributed by atoms with Gasteiger partial charge in [-0.15, -0.1) is 0 Å². The van der Waals surface area contributed by atoms with Gasteiger partial charge in [0.05, 0.1) is 0 Å². The maximum Gasteiger partial charge on any atom is 0.00811 e. The Bertz CT molecular complexity index is 431. The number of hydrogen-bond acceptors (Lipinski definition) is 1. The van der Waals surface area contributed by atoms with Gasteiger partial charge >= 0.3 is 0 Å². The molecule has 0 saturated heterocycles. The highest BCUT2D eigenvalue weighted by atomic mass is 15.0. The average molecular weight is 292 g/mol. The molecular formula is C20H37N. The Morgan fingerprint density at radius 1 is 0.810 bits per heavy atom. The van der Waals surface area contributed by atoms with Crippen molar-refractivity contribution in [3.8, 4) is 0 Å². The van der Waals surface area contributed by atoms with Crippen LogP contribution in [0.5, 0.6) is 0 Å². The predicted molar refractivity (Wildman–Crippen MR) is 95.5 cm³/mol. The SMILES string of the molecule is CC(C)C1=C(C(C)C)C(C)(C)C(C(C)C)=C1CCN(C)C. The molecule has 0 heterocycles. The predicted octanol–water partition coefficient (Wildman–Crippen LogP) is 5.54. The first-order chi connectivity index (χ1) is 9.51. The molecule has 122 valence electrons. The van der Waals surface area contributed by atoms with Gasteiger partial charge in [-0.2, -0.15) is 0 Å². The molecule has 0 saturated carbocycles. The van der Waals surface area contributed by atoms with E-state index in [9.17, 15) is 0 Å². The lowest BCUT2D eigenvalue weighted by Crippen LogP contribution is -2.22. The molecule has 0 amide bonds. The summed E-state index contributed by atoms with van der Waals surface area (Å²) in [6, 6.07) is 0. The van der Waals surface area contributed by atoms with E-state index in [0.29, 0.717) is 17.8 Å². The first-order valence-electron chi connectivity index (χ1n) is 8.64. The maximum atomic E-state index is 2.45. The van der Waals surface area contributed by atoms with Crippen LogP contribution < -0.4 is 0 Å². The lowest BCUT2D eigenvalue weighted by atomic mass is 9.72. The van der Waals surface area contributed by atoms with Gasteiger partial charge in [0.15, 0.2) is 0 Å². The van der Waals surface area contributed by atoms with Crippen LogP contribution in [0.15, 0.2) is 22.3 Å². The Morgan fingerprint density at radius 3 is 1.62 bits per heavy atom. The normalized spacial score (nSPS) is 19.1. The maximum absolute atomic E-state index is 2.45. The van der Waals surface area contributed by atoms with E-state index in [1.165, 1.54) is 6.42 Å². The Morgan fingerprint density at radius 2 is 1.29 bits per heavy atom. The molecule has 0 aromatic rings. The van der Waals surface area contributed by atoms with Crippen LogP contribution in [-0.4, -0.2) is 25.5 Å². The number of hydrogen-bond donors (Lipinski definition) is 0. The van der Waals surface area contributed by atoms with Crippen LogP contribution in [-0.2, 0) is 0 Å². The third-order valence-electron chi connectivity index (χ3n) is 4.83. The topological polar surface area (TPSA) is 3.24 Å². The highest BCUT2D eigenvalue weighted by Gasteiger charge is 2.41. The highest BCUT2D eigenvalue weighted by molar-refractivity contribution is 5.54. The van der Waals surface area contributed by atoms with Gasteiger partial charge in [0, 0.05) is 12.0 Å². The third-order valence-corrected chi connectivity index (χ3v) is 4.83. The Hall–Kier alpha value is -0.560. The molecular weight excluding hydrogens is 254 g/mol. The van der Waals surface area contributed by atoms with Gasteiger partial charge in [-0.25, -0.2) is 0 Å². The lowest BCUT2D eigenvalue weighted by Gasteiger charge is -2.32. The second kappa shape index (κ2) is 6.69. The number of allylic oxidation sites excluding steroid dienone is 3. The molecule has 0 fully saturated rings. The van der Waals surface area contributed by atoms with Gasteiger partial charge in [0.1, 0.15) is 0 Å². The zero-order valence-electron chi connectivity index (χ0n) is 16.1. The first-order valence-corrected chi connectivity index (χ1v) is 8.64. The summed E-state index contributed by atoms with van der Waals surface area (Å²) in [5.41, 5.74) is 6.94. The molecule has 0 aliphatic heterocycles. The summed E-state index contributed by atoms with van der Waals surface area (Å²) in [6.07, 6.45) is 1.19. The van der Waals surface area contributed by atoms with Crippen molar-refractivity contribution < 1.29 is 0 Å². The summed E-state index contributed by atoms with van der Waals surface area (Å²) in [5.74, 6) is 1.88. The van der Waals surface area contributed by atoms with Gasteiger partial charge in [-0.3, -0.25) is 0 Å². The molecule has 0 spiro atoms. The molecule has 1 rings (SSSR count). The van der Waals surface area contributed by atoms with Crippen molar-refractivity contribution in [2.75, 3.05) is 20.6 Å². The van der Waals surface area contributed by atoms with Crippen molar-refractivity contribution in [2.24, 2.45) is 23.2 Å². The van der Waals surface area contributed by atoms with E-state index in [0.717, 1.165) is 6.54 Å². The summed E-state index contributed by atoms with van der Waals surface area (Å²) in [4.78, 5) is 2.31. The molecule has 1 nitrogen and oxygen atoms in total. The number of rotatable bonds is 6. The fourth-order valence-electron chi connectivity index (χ4n) is 4.53. The van der Waals surface area contributed by atoms with Crippen LogP contribution in [0.25, 0.3) is 0 Å². The minimum absolute atomic E-state index is 0.226. The molecule has 0 unspecified atom stereocenters. The van der Waals surface area contributed by atoms with E-state index in [2.05, 4.69) is 74.4 Å². The molecule has 0 aromatic carbocycles. The molecule has 1 aliphatic carbocycles. The molecule has 0 aromatic heterocycles. The second-order valence-electron chi connectivity index (χ2n) is 8.36. The van der Waals surface area contributed by atoms with Crippen molar-refractivity contribution >= 4 is 0 Å². The van der Waals surface area contributed by atoms with Crippen LogP contribution in [0, 0.1) is 23.2 Å². The van der Waals surface area contributed by atoms with E-state index >= 15 is 0 Å². The van der Waals surface area contributed by atoms with Crippen molar-refractivity contribution in [2.45, 2.75) is 61.8 Å². The fourth-order valence-corrected chi connectivity index (χ4v) is 4.53. The van der Waals surface area contributed by atoms with Gasteiger partial charge in [0.2, 0.25) is 0 Å². The molecule has 21 heavy (non-hydrogen) atoms. The summed E-state index contributed by atoms with van der Waals surface area (Å²) in [5, 5.41) is 0. The van der Waals surface area contributed by atoms with Crippen molar-refractivity contribution in [3.63, 3.8) is 0 Å². The van der Waals surface area contributed by atoms with E-state index in [1.807, 2.05) is 0 Å². The molecule has 1 aliphatic rings. The Balaban J connectivity index is 3.46. The average Bonchev–Trinajstić information content (AvgIpc) is 2.53. The Kier molecular flexibility index (Phi) is 5.89. The van der Waals surface area contributed by atoms with Gasteiger partial charge < -0.3 is 4.90 Å². The van der Waals surface area contributed by atoms with Gasteiger partial charge in [-0.1, -0.05) is 66.5 Å². The van der Waals surface area contributed by atoms with E-state index in [4.69, 9.17) is 0 Å². The molecule has 0 N–H and O–H groups in total.